The summed E-state index contributed by atoms with van der Waals surface area (Å²) in [6, 6.07) is 11.3. The molecule has 5 nitrogen and oxygen atoms in total. The van der Waals surface area contributed by atoms with Crippen molar-refractivity contribution in [2.45, 2.75) is 38.5 Å². The SMILES string of the molecule is Cn1c2c(c3ccc(-n4ccc(OCc5ccc(C(F)(F)F)nc5)cc4=O)cc31)CCCC2. The van der Waals surface area contributed by atoms with E-state index in [0.29, 0.717) is 11.3 Å². The highest BCUT2D eigenvalue weighted by Crippen LogP contribution is 2.32. The molecule has 0 radical (unpaired) electrons. The van der Waals surface area contributed by atoms with Crippen molar-refractivity contribution in [3.8, 4) is 11.4 Å². The van der Waals surface area contributed by atoms with Gasteiger partial charge in [-0.2, -0.15) is 13.2 Å². The van der Waals surface area contributed by atoms with Crippen LogP contribution in [-0.4, -0.2) is 14.1 Å². The third kappa shape index (κ3) is 4.01. The molecule has 0 N–H and O–H groups in total. The highest BCUT2D eigenvalue weighted by atomic mass is 19.4. The Morgan fingerprint density at radius 2 is 1.88 bits per heavy atom. The molecule has 3 aromatic heterocycles. The lowest BCUT2D eigenvalue weighted by atomic mass is 9.95. The summed E-state index contributed by atoms with van der Waals surface area (Å²) < 4.78 is 47.3. The van der Waals surface area contributed by atoms with Crippen LogP contribution in [-0.2, 0) is 32.7 Å². The van der Waals surface area contributed by atoms with E-state index in [1.807, 2.05) is 12.1 Å². The Bertz CT molecular complexity index is 1390. The van der Waals surface area contributed by atoms with Gasteiger partial charge in [-0.05, 0) is 55.5 Å². The zero-order valence-corrected chi connectivity index (χ0v) is 18.0. The first-order valence-corrected chi connectivity index (χ1v) is 10.8. The summed E-state index contributed by atoms with van der Waals surface area (Å²) in [5.74, 6) is 0.339. The summed E-state index contributed by atoms with van der Waals surface area (Å²) in [6.45, 7) is 0.00938. The average Bonchev–Trinajstić information content (AvgIpc) is 3.09. The minimum Gasteiger partial charge on any atom is -0.489 e. The molecule has 0 atom stereocenters. The Kier molecular flexibility index (Phi) is 5.23. The van der Waals surface area contributed by atoms with E-state index in [1.54, 1.807) is 16.8 Å². The molecule has 1 aliphatic carbocycles. The van der Waals surface area contributed by atoms with Crippen LogP contribution < -0.4 is 10.3 Å². The minimum atomic E-state index is -4.48. The summed E-state index contributed by atoms with van der Waals surface area (Å²) in [7, 11) is 2.08. The van der Waals surface area contributed by atoms with Gasteiger partial charge in [-0.3, -0.25) is 14.3 Å². The van der Waals surface area contributed by atoms with E-state index in [-0.39, 0.29) is 12.2 Å². The number of alkyl halides is 3. The second-order valence-electron chi connectivity index (χ2n) is 8.30. The molecule has 4 aromatic rings. The highest BCUT2D eigenvalue weighted by molar-refractivity contribution is 5.87. The van der Waals surface area contributed by atoms with Crippen molar-refractivity contribution in [2.24, 2.45) is 7.05 Å². The lowest BCUT2D eigenvalue weighted by Gasteiger charge is -2.12. The van der Waals surface area contributed by atoms with E-state index in [0.717, 1.165) is 36.3 Å². The number of benzene rings is 1. The van der Waals surface area contributed by atoms with E-state index in [4.69, 9.17) is 4.74 Å². The summed E-state index contributed by atoms with van der Waals surface area (Å²) >= 11 is 0. The number of fused-ring (bicyclic) bond motifs is 3. The first kappa shape index (κ1) is 21.3. The van der Waals surface area contributed by atoms with Gasteiger partial charge in [0.15, 0.2) is 0 Å². The molecule has 3 heterocycles. The molecular weight excluding hydrogens is 431 g/mol. The number of rotatable bonds is 4. The predicted molar refractivity (Wildman–Crippen MR) is 119 cm³/mol. The standard InChI is InChI=1S/C25H22F3N3O2/c1-30-21-5-3-2-4-19(21)20-8-7-17(12-22(20)30)31-11-10-18(13-24(31)32)33-15-16-6-9-23(29-14-16)25(26,27)28/h6-14H,2-5,15H2,1H3. The monoisotopic (exact) mass is 453 g/mol. The van der Waals surface area contributed by atoms with E-state index in [9.17, 15) is 18.0 Å². The van der Waals surface area contributed by atoms with Gasteiger partial charge in [0.25, 0.3) is 5.56 Å². The fourth-order valence-corrected chi connectivity index (χ4v) is 4.51. The molecular formula is C25H22F3N3O2. The third-order valence-electron chi connectivity index (χ3n) is 6.20. The molecule has 8 heteroatoms. The van der Waals surface area contributed by atoms with Gasteiger partial charge in [0.1, 0.15) is 18.1 Å². The van der Waals surface area contributed by atoms with Crippen LogP contribution in [0.4, 0.5) is 13.2 Å². The van der Waals surface area contributed by atoms with E-state index in [2.05, 4.69) is 22.7 Å². The van der Waals surface area contributed by atoms with Crippen LogP contribution in [0.15, 0.2) is 59.7 Å². The van der Waals surface area contributed by atoms with Gasteiger partial charge in [-0.15, -0.1) is 0 Å². The number of hydrogen-bond donors (Lipinski definition) is 0. The normalized spacial score (nSPS) is 13.8. The van der Waals surface area contributed by atoms with Crippen molar-refractivity contribution in [3.63, 3.8) is 0 Å². The van der Waals surface area contributed by atoms with Gasteiger partial charge in [0.2, 0.25) is 0 Å². The smallest absolute Gasteiger partial charge is 0.433 e. The first-order valence-electron chi connectivity index (χ1n) is 10.8. The van der Waals surface area contributed by atoms with E-state index < -0.39 is 11.9 Å². The van der Waals surface area contributed by atoms with Crippen LogP contribution in [0.5, 0.6) is 5.75 Å². The van der Waals surface area contributed by atoms with Gasteiger partial charge in [-0.25, -0.2) is 0 Å². The Balaban J connectivity index is 1.36. The Labute approximate surface area is 188 Å². The zero-order valence-electron chi connectivity index (χ0n) is 18.0. The first-order chi connectivity index (χ1) is 15.8. The molecule has 0 spiro atoms. The maximum Gasteiger partial charge on any atom is 0.433 e. The lowest BCUT2D eigenvalue weighted by molar-refractivity contribution is -0.141. The Hall–Kier alpha value is -3.55. The van der Waals surface area contributed by atoms with Gasteiger partial charge < -0.3 is 9.30 Å². The molecule has 33 heavy (non-hydrogen) atoms. The summed E-state index contributed by atoms with van der Waals surface area (Å²) in [6.07, 6.45) is 2.87. The van der Waals surface area contributed by atoms with Gasteiger partial charge in [0, 0.05) is 42.2 Å². The van der Waals surface area contributed by atoms with Crippen molar-refractivity contribution < 1.29 is 17.9 Å². The molecule has 0 bridgehead atoms. The van der Waals surface area contributed by atoms with Gasteiger partial charge in [-0.1, -0.05) is 12.1 Å². The van der Waals surface area contributed by atoms with Crippen LogP contribution in [0.2, 0.25) is 0 Å². The fourth-order valence-electron chi connectivity index (χ4n) is 4.51. The summed E-state index contributed by atoms with van der Waals surface area (Å²) in [5, 5.41) is 1.24. The molecule has 0 aliphatic heterocycles. The molecule has 0 unspecified atom stereocenters. The fraction of sp³-hybridized carbons (Fsp3) is 0.280. The predicted octanol–water partition coefficient (Wildman–Crippen LogP) is 5.20. The van der Waals surface area contributed by atoms with E-state index >= 15 is 0 Å². The number of halogens is 3. The molecule has 1 aromatic carbocycles. The average molecular weight is 453 g/mol. The van der Waals surface area contributed by atoms with Crippen molar-refractivity contribution >= 4 is 10.9 Å². The van der Waals surface area contributed by atoms with Crippen LogP contribution in [0.1, 0.15) is 35.4 Å². The molecule has 170 valence electrons. The number of hydrogen-bond acceptors (Lipinski definition) is 3. The number of aromatic nitrogens is 3. The molecule has 5 rings (SSSR count). The molecule has 0 amide bonds. The highest BCUT2D eigenvalue weighted by Gasteiger charge is 2.32. The van der Waals surface area contributed by atoms with Crippen molar-refractivity contribution in [3.05, 3.63) is 87.7 Å². The maximum absolute atomic E-state index is 12.8. The van der Waals surface area contributed by atoms with Gasteiger partial charge in [0.05, 0.1) is 11.2 Å². The second kappa shape index (κ2) is 8.10. The Morgan fingerprint density at radius 3 is 2.61 bits per heavy atom. The maximum atomic E-state index is 12.8. The number of aryl methyl sites for hydroxylation is 2. The summed E-state index contributed by atoms with van der Waals surface area (Å²) in [5.41, 5.74) is 3.94. The van der Waals surface area contributed by atoms with Crippen LogP contribution in [0, 0.1) is 0 Å². The lowest BCUT2D eigenvalue weighted by Crippen LogP contribution is -2.16. The summed E-state index contributed by atoms with van der Waals surface area (Å²) in [4.78, 5) is 16.2. The third-order valence-corrected chi connectivity index (χ3v) is 6.20. The quantitative estimate of drug-likeness (QED) is 0.427. The number of pyridine rings is 2. The van der Waals surface area contributed by atoms with Crippen molar-refractivity contribution in [2.75, 3.05) is 0 Å². The number of ether oxygens (including phenoxy) is 1. The van der Waals surface area contributed by atoms with Crippen LogP contribution in [0.25, 0.3) is 16.6 Å². The Morgan fingerprint density at radius 1 is 1.06 bits per heavy atom. The largest absolute Gasteiger partial charge is 0.489 e. The molecule has 0 saturated heterocycles. The van der Waals surface area contributed by atoms with Crippen LogP contribution in [0.3, 0.4) is 0 Å². The van der Waals surface area contributed by atoms with Crippen molar-refractivity contribution in [1.82, 2.24) is 14.1 Å². The van der Waals surface area contributed by atoms with Crippen molar-refractivity contribution in [1.29, 1.82) is 0 Å². The zero-order chi connectivity index (χ0) is 23.2. The minimum absolute atomic E-state index is 0.00938. The molecule has 0 fully saturated rings. The van der Waals surface area contributed by atoms with Crippen LogP contribution >= 0.6 is 0 Å². The van der Waals surface area contributed by atoms with E-state index in [1.165, 1.54) is 41.6 Å². The van der Waals surface area contributed by atoms with Gasteiger partial charge >= 0.3 is 6.18 Å². The topological polar surface area (TPSA) is 49.0 Å². The molecule has 1 aliphatic rings. The number of nitrogens with zero attached hydrogens (tertiary/aromatic N) is 3. The molecule has 0 saturated carbocycles. The second-order valence-corrected chi connectivity index (χ2v) is 8.30.